The summed E-state index contributed by atoms with van der Waals surface area (Å²) in [6.45, 7) is 9.51. The van der Waals surface area contributed by atoms with Gasteiger partial charge >= 0.3 is 5.97 Å². The van der Waals surface area contributed by atoms with Crippen molar-refractivity contribution in [2.24, 2.45) is 0 Å². The highest BCUT2D eigenvalue weighted by Crippen LogP contribution is 2.64. The highest BCUT2D eigenvalue weighted by atomic mass is 32.2. The first-order chi connectivity index (χ1) is 27.6. The third kappa shape index (κ3) is 5.61. The van der Waals surface area contributed by atoms with Gasteiger partial charge in [-0.2, -0.15) is 0 Å². The predicted molar refractivity (Wildman–Crippen MR) is 213 cm³/mol. The lowest BCUT2D eigenvalue weighted by molar-refractivity contribution is -0.186. The first-order valence-corrected chi connectivity index (χ1v) is 21.2. The van der Waals surface area contributed by atoms with E-state index in [0.29, 0.717) is 83.8 Å². The molecule has 2 fully saturated rings. The van der Waals surface area contributed by atoms with Crippen molar-refractivity contribution in [3.63, 3.8) is 0 Å². The average molecular weight is 804 g/mol. The van der Waals surface area contributed by atoms with Crippen LogP contribution in [0, 0.1) is 13.8 Å². The van der Waals surface area contributed by atoms with Crippen LogP contribution in [0.3, 0.4) is 0 Å². The van der Waals surface area contributed by atoms with Gasteiger partial charge in [-0.25, -0.2) is 4.79 Å². The molecule has 2 saturated heterocycles. The van der Waals surface area contributed by atoms with Crippen molar-refractivity contribution in [3.05, 3.63) is 62.7 Å². The number of esters is 1. The number of aliphatic hydroxyl groups is 1. The maximum absolute atomic E-state index is 14.9. The molecule has 1 unspecified atom stereocenters. The standard InChI is InChI=1S/C43H53N3O10S/c1-8-12-52-29-16-23-10-11-44-43(25(23)17-28(29)50-6)19-57-40-32-31(39-37(55-20-56-39)22(4)35(32)47)27(18-54-42(43)49)46-34(40)33-30-24(15-26(41(46)48)45(33)5)14-21(3)36(51-7)38(30)53-13-9-2/h14,16-17,26-27,33-34,40-41,44,47-48H,8-13,15,18-20H2,1-7H3/t26-,27-,33-,34?,40+,41-,43+/m0/s1. The first kappa shape index (κ1) is 38.4. The molecule has 0 aliphatic carbocycles. The van der Waals surface area contributed by atoms with Crippen LogP contribution in [0.2, 0.25) is 0 Å². The van der Waals surface area contributed by atoms with Crippen LogP contribution in [0.1, 0.15) is 88.5 Å². The summed E-state index contributed by atoms with van der Waals surface area (Å²) in [7, 11) is 5.36. The van der Waals surface area contributed by atoms with E-state index in [0.717, 1.165) is 40.7 Å². The number of piperazine rings is 1. The van der Waals surface area contributed by atoms with Crippen molar-refractivity contribution in [1.82, 2.24) is 15.1 Å². The summed E-state index contributed by atoms with van der Waals surface area (Å²) in [5, 5.41) is 28.2. The second-order valence-electron chi connectivity index (χ2n) is 16.0. The van der Waals surface area contributed by atoms with Gasteiger partial charge in [0.25, 0.3) is 0 Å². The number of ether oxygens (including phenoxy) is 7. The van der Waals surface area contributed by atoms with E-state index in [1.807, 2.05) is 26.0 Å². The van der Waals surface area contributed by atoms with Gasteiger partial charge in [0.15, 0.2) is 40.0 Å². The van der Waals surface area contributed by atoms with Gasteiger partial charge < -0.3 is 43.4 Å². The summed E-state index contributed by atoms with van der Waals surface area (Å²) in [6.07, 6.45) is 1.97. The molecular weight excluding hydrogens is 751 g/mol. The van der Waals surface area contributed by atoms with Crippen molar-refractivity contribution in [2.75, 3.05) is 60.2 Å². The topological polar surface area (TPSA) is 141 Å². The Morgan fingerprint density at radius 1 is 0.947 bits per heavy atom. The van der Waals surface area contributed by atoms with E-state index in [4.69, 9.17) is 33.2 Å². The largest absolute Gasteiger partial charge is 0.507 e. The minimum absolute atomic E-state index is 0.00336. The zero-order chi connectivity index (χ0) is 39.9. The minimum atomic E-state index is -1.25. The Bertz CT molecular complexity index is 2110. The zero-order valence-electron chi connectivity index (χ0n) is 33.7. The van der Waals surface area contributed by atoms with Crippen LogP contribution in [0.5, 0.6) is 40.2 Å². The molecule has 10 rings (SSSR count). The highest BCUT2D eigenvalue weighted by Gasteiger charge is 2.61. The molecule has 14 heteroatoms. The van der Waals surface area contributed by atoms with Gasteiger partial charge in [-0.15, -0.1) is 11.8 Å². The zero-order valence-corrected chi connectivity index (χ0v) is 34.5. The van der Waals surface area contributed by atoms with Crippen LogP contribution < -0.4 is 33.7 Å². The number of thioether (sulfide) groups is 1. The van der Waals surface area contributed by atoms with E-state index < -0.39 is 35.1 Å². The number of phenols is 1. The summed E-state index contributed by atoms with van der Waals surface area (Å²) >= 11 is 1.58. The Kier molecular flexibility index (Phi) is 9.87. The molecule has 4 bridgehead atoms. The molecule has 1 spiro atoms. The van der Waals surface area contributed by atoms with Gasteiger partial charge in [-0.1, -0.05) is 19.9 Å². The molecule has 3 aromatic carbocycles. The number of nitrogens with zero attached hydrogens (tertiary/aromatic N) is 2. The molecule has 7 heterocycles. The number of fused-ring (bicyclic) bond motifs is 9. The molecule has 7 aliphatic heterocycles. The number of aryl methyl sites for hydroxylation is 1. The fraction of sp³-hybridized carbons (Fsp3) is 0.558. The quantitative estimate of drug-likeness (QED) is 0.252. The summed E-state index contributed by atoms with van der Waals surface area (Å²) in [5.41, 5.74) is 5.60. The lowest BCUT2D eigenvalue weighted by Crippen LogP contribution is -2.70. The molecule has 57 heavy (non-hydrogen) atoms. The number of hydrogen-bond acceptors (Lipinski definition) is 14. The number of rotatable bonds is 8. The van der Waals surface area contributed by atoms with Crippen LogP contribution in [-0.4, -0.2) is 104 Å². The van der Waals surface area contributed by atoms with Gasteiger partial charge in [0.05, 0.1) is 50.8 Å². The highest BCUT2D eigenvalue weighted by molar-refractivity contribution is 7.99. The predicted octanol–water partition coefficient (Wildman–Crippen LogP) is 5.36. The number of nitrogens with one attached hydrogen (secondary N) is 1. The van der Waals surface area contributed by atoms with Gasteiger partial charge in [-0.3, -0.25) is 15.1 Å². The SMILES string of the molecule is CCCOc1cc2c(cc1OC)[C@@]1(CS[C@@H]3c4c(O)c(C)c5c(c4[C@H](COC1=O)N1C3[C@@H]3c4c(cc(C)c(OC)c4OCCC)C[C@@H]([C@@H]1O)N3C)OCO5)NCC2. The number of phenolic OH excluding ortho intramolecular Hbond substituents is 1. The maximum atomic E-state index is 14.9. The van der Waals surface area contributed by atoms with Gasteiger partial charge in [0.2, 0.25) is 6.79 Å². The summed E-state index contributed by atoms with van der Waals surface area (Å²) in [4.78, 5) is 19.3. The second kappa shape index (κ2) is 14.6. The number of benzene rings is 3. The van der Waals surface area contributed by atoms with Gasteiger partial charge in [0, 0.05) is 40.6 Å². The average Bonchev–Trinajstić information content (AvgIpc) is 3.71. The minimum Gasteiger partial charge on any atom is -0.507 e. The van der Waals surface area contributed by atoms with Crippen molar-refractivity contribution >= 4 is 17.7 Å². The lowest BCUT2D eigenvalue weighted by atomic mass is 9.73. The van der Waals surface area contributed by atoms with Crippen LogP contribution in [0.4, 0.5) is 0 Å². The molecule has 0 amide bonds. The van der Waals surface area contributed by atoms with E-state index in [1.165, 1.54) is 0 Å². The molecule has 3 aromatic rings. The summed E-state index contributed by atoms with van der Waals surface area (Å²) < 4.78 is 43.3. The van der Waals surface area contributed by atoms with E-state index in [2.05, 4.69) is 42.1 Å². The Morgan fingerprint density at radius 3 is 2.47 bits per heavy atom. The van der Waals surface area contributed by atoms with Crippen LogP contribution in [0.25, 0.3) is 0 Å². The number of hydrogen-bond donors (Lipinski definition) is 3. The smallest absolute Gasteiger partial charge is 0.331 e. The molecule has 7 aliphatic rings. The Hall–Kier alpha value is -4.08. The molecule has 13 nitrogen and oxygen atoms in total. The summed E-state index contributed by atoms with van der Waals surface area (Å²) in [5.74, 6) is 3.54. The van der Waals surface area contributed by atoms with Gasteiger partial charge in [0.1, 0.15) is 18.6 Å². The van der Waals surface area contributed by atoms with E-state index in [1.54, 1.807) is 26.0 Å². The van der Waals surface area contributed by atoms with Crippen molar-refractivity contribution < 1.29 is 48.2 Å². The van der Waals surface area contributed by atoms with E-state index >= 15 is 0 Å². The van der Waals surface area contributed by atoms with Crippen LogP contribution in [0.15, 0.2) is 18.2 Å². The molecule has 0 saturated carbocycles. The third-order valence-electron chi connectivity index (χ3n) is 12.9. The monoisotopic (exact) mass is 803 g/mol. The van der Waals surface area contributed by atoms with Crippen molar-refractivity contribution in [3.8, 4) is 40.2 Å². The Morgan fingerprint density at radius 2 is 1.72 bits per heavy atom. The Labute approximate surface area is 337 Å². The summed E-state index contributed by atoms with van der Waals surface area (Å²) in [6, 6.07) is 4.38. The first-order valence-electron chi connectivity index (χ1n) is 20.1. The second-order valence-corrected chi connectivity index (χ2v) is 17.1. The van der Waals surface area contributed by atoms with Crippen LogP contribution in [-0.2, 0) is 27.9 Å². The number of aromatic hydroxyl groups is 1. The molecule has 0 aromatic heterocycles. The molecule has 3 N–H and O–H groups in total. The number of carbonyl (C=O) groups excluding carboxylic acids is 1. The van der Waals surface area contributed by atoms with E-state index in [9.17, 15) is 15.0 Å². The number of methoxy groups -OCH3 is 2. The van der Waals surface area contributed by atoms with E-state index in [-0.39, 0.29) is 37.0 Å². The number of likely N-dealkylation sites (N-methyl/N-ethyl adjacent to an activating group) is 1. The molecule has 0 radical (unpaired) electrons. The molecule has 306 valence electrons. The van der Waals surface area contributed by atoms with Gasteiger partial charge in [-0.05, 0) is 81.0 Å². The third-order valence-corrected chi connectivity index (χ3v) is 14.4. The maximum Gasteiger partial charge on any atom is 0.331 e. The lowest BCUT2D eigenvalue weighted by Gasteiger charge is -2.62. The fourth-order valence-corrected chi connectivity index (χ4v) is 12.1. The number of carbonyl (C=O) groups is 1. The molecule has 7 atom stereocenters. The fourth-order valence-electron chi connectivity index (χ4n) is 10.4. The van der Waals surface area contributed by atoms with Crippen molar-refractivity contribution in [2.45, 2.75) is 94.6 Å². The number of aliphatic hydroxyl groups excluding tert-OH is 1. The van der Waals surface area contributed by atoms with Crippen molar-refractivity contribution in [1.29, 1.82) is 0 Å². The normalized spacial score (nSPS) is 28.5. The van der Waals surface area contributed by atoms with Crippen LogP contribution >= 0.6 is 11.8 Å². The molecular formula is C43H53N3O10S. The Balaban J connectivity index is 1.27.